The molecule has 214 valence electrons. The molecule has 1 aromatic rings. The molecule has 39 heavy (non-hydrogen) atoms. The molecule has 0 fully saturated rings. The summed E-state index contributed by atoms with van der Waals surface area (Å²) >= 11 is 1.67. The van der Waals surface area contributed by atoms with Crippen LogP contribution in [0.5, 0.6) is 5.75 Å². The van der Waals surface area contributed by atoms with Gasteiger partial charge in [-0.05, 0) is 88.2 Å². The number of aromatic hydroxyl groups is 1. The van der Waals surface area contributed by atoms with Gasteiger partial charge in [0.25, 0.3) is 0 Å². The number of benzene rings is 1. The average molecular weight is 554 g/mol. The molecule has 0 saturated heterocycles. The van der Waals surface area contributed by atoms with Crippen LogP contribution in [0.1, 0.15) is 95.3 Å². The van der Waals surface area contributed by atoms with Gasteiger partial charge in [-0.25, -0.2) is 4.79 Å². The number of hydrogen-bond donors (Lipinski definition) is 3. The third-order valence-corrected chi connectivity index (χ3v) is 8.15. The number of carboxylic acid groups (broad SMARTS) is 1. The van der Waals surface area contributed by atoms with Crippen LogP contribution in [-0.2, 0) is 4.79 Å². The number of anilines is 1. The number of aromatic carboxylic acids is 1. The first-order valence-corrected chi connectivity index (χ1v) is 15.1. The van der Waals surface area contributed by atoms with Gasteiger partial charge in [0, 0.05) is 5.69 Å². The lowest BCUT2D eigenvalue weighted by atomic mass is 10.0. The standard InChI is InChI=1S/C33H47NO4S/c1-4-7-8-9-10-11-12-13-14-15-16-17-18-19-20-21-22-23-26-39-33(5-2,6-3)32(38)34-28-24-25-30(35)29(27-28)31(36)37/h7-8,10-11,13-14,16-17,19-20,24-25,27,35H,4-6,9,12,15,18,21-23,26H2,1-3H3,(H,34,38)(H,36,37). The lowest BCUT2D eigenvalue weighted by molar-refractivity contribution is -0.118. The largest absolute Gasteiger partial charge is 0.507 e. The maximum absolute atomic E-state index is 13.1. The van der Waals surface area contributed by atoms with Crippen molar-refractivity contribution in [1.82, 2.24) is 0 Å². The molecule has 0 unspecified atom stereocenters. The minimum Gasteiger partial charge on any atom is -0.507 e. The number of phenols is 1. The Kier molecular flexibility index (Phi) is 18.2. The molecule has 0 aromatic heterocycles. The molecule has 1 rings (SSSR count). The minimum atomic E-state index is -1.23. The van der Waals surface area contributed by atoms with E-state index in [2.05, 4.69) is 73.0 Å². The lowest BCUT2D eigenvalue weighted by Crippen LogP contribution is -2.39. The van der Waals surface area contributed by atoms with Crippen LogP contribution in [0.15, 0.2) is 79.0 Å². The highest BCUT2D eigenvalue weighted by atomic mass is 32.2. The van der Waals surface area contributed by atoms with Gasteiger partial charge in [0.1, 0.15) is 11.3 Å². The Balaban J connectivity index is 2.30. The van der Waals surface area contributed by atoms with Crippen molar-refractivity contribution in [2.75, 3.05) is 11.1 Å². The molecule has 1 aromatic carbocycles. The summed E-state index contributed by atoms with van der Waals surface area (Å²) in [6, 6.07) is 4.10. The number of allylic oxidation sites excluding steroid dienone is 10. The van der Waals surface area contributed by atoms with Crippen LogP contribution in [0, 0.1) is 0 Å². The van der Waals surface area contributed by atoms with Gasteiger partial charge in [-0.3, -0.25) is 4.79 Å². The molecule has 1 amide bonds. The predicted molar refractivity (Wildman–Crippen MR) is 168 cm³/mol. The highest BCUT2D eigenvalue weighted by molar-refractivity contribution is 8.01. The number of rotatable bonds is 20. The topological polar surface area (TPSA) is 86.6 Å². The van der Waals surface area contributed by atoms with Gasteiger partial charge < -0.3 is 15.5 Å². The van der Waals surface area contributed by atoms with Crippen molar-refractivity contribution in [2.45, 2.75) is 89.7 Å². The van der Waals surface area contributed by atoms with Gasteiger partial charge in [0.05, 0.1) is 4.75 Å². The average Bonchev–Trinajstić information content (AvgIpc) is 2.93. The number of amides is 1. The predicted octanol–water partition coefficient (Wildman–Crippen LogP) is 9.24. The van der Waals surface area contributed by atoms with E-state index in [4.69, 9.17) is 0 Å². The Labute approximate surface area is 239 Å². The summed E-state index contributed by atoms with van der Waals surface area (Å²) in [7, 11) is 0. The van der Waals surface area contributed by atoms with E-state index in [0.29, 0.717) is 18.5 Å². The number of unbranched alkanes of at least 4 members (excludes halogenated alkanes) is 2. The SMILES string of the molecule is CCC=CCC=CCC=CCC=CCC=CCCCCSC(CC)(CC)C(=O)Nc1ccc(O)c(C(=O)O)c1. The van der Waals surface area contributed by atoms with Crippen molar-refractivity contribution in [3.8, 4) is 5.75 Å². The van der Waals surface area contributed by atoms with Gasteiger partial charge in [-0.1, -0.05) is 81.5 Å². The fourth-order valence-corrected chi connectivity index (χ4v) is 5.20. The van der Waals surface area contributed by atoms with E-state index in [0.717, 1.165) is 57.1 Å². The maximum Gasteiger partial charge on any atom is 0.339 e. The Morgan fingerprint density at radius 1 is 0.821 bits per heavy atom. The van der Waals surface area contributed by atoms with Crippen molar-refractivity contribution in [2.24, 2.45) is 0 Å². The second kappa shape index (κ2) is 20.9. The first kappa shape index (κ1) is 34.0. The molecule has 0 aliphatic carbocycles. The molecule has 0 atom stereocenters. The number of carbonyl (C=O) groups is 2. The van der Waals surface area contributed by atoms with Crippen LogP contribution in [0.4, 0.5) is 5.69 Å². The monoisotopic (exact) mass is 553 g/mol. The van der Waals surface area contributed by atoms with E-state index in [9.17, 15) is 19.8 Å². The van der Waals surface area contributed by atoms with Gasteiger partial charge in [-0.15, -0.1) is 11.8 Å². The molecular weight excluding hydrogens is 506 g/mol. The van der Waals surface area contributed by atoms with E-state index < -0.39 is 10.7 Å². The van der Waals surface area contributed by atoms with Crippen LogP contribution in [0.2, 0.25) is 0 Å². The van der Waals surface area contributed by atoms with E-state index >= 15 is 0 Å². The molecule has 6 heteroatoms. The first-order valence-electron chi connectivity index (χ1n) is 14.2. The quantitative estimate of drug-likeness (QED) is 0.0851. The van der Waals surface area contributed by atoms with E-state index in [1.165, 1.54) is 18.2 Å². The summed E-state index contributed by atoms with van der Waals surface area (Å²) in [5, 5.41) is 21.8. The second-order valence-corrected chi connectivity index (χ2v) is 10.7. The normalized spacial score (nSPS) is 12.6. The third-order valence-electron chi connectivity index (χ3n) is 6.34. The van der Waals surface area contributed by atoms with Gasteiger partial charge in [-0.2, -0.15) is 0 Å². The summed E-state index contributed by atoms with van der Waals surface area (Å²) in [6.07, 6.45) is 31.5. The molecule has 0 bridgehead atoms. The second-order valence-electron chi connectivity index (χ2n) is 9.24. The maximum atomic E-state index is 13.1. The fourth-order valence-electron chi connectivity index (χ4n) is 3.87. The molecule has 0 aliphatic heterocycles. The number of carbonyl (C=O) groups excluding carboxylic acids is 1. The van der Waals surface area contributed by atoms with Gasteiger partial charge in [0.15, 0.2) is 0 Å². The van der Waals surface area contributed by atoms with Gasteiger partial charge >= 0.3 is 5.97 Å². The number of hydrogen-bond acceptors (Lipinski definition) is 4. The summed E-state index contributed by atoms with van der Waals surface area (Å²) in [4.78, 5) is 24.4. The fraction of sp³-hybridized carbons (Fsp3) is 0.455. The molecule has 0 aliphatic rings. The number of nitrogens with one attached hydrogen (secondary N) is 1. The zero-order valence-electron chi connectivity index (χ0n) is 23.9. The van der Waals surface area contributed by atoms with Gasteiger partial charge in [0.2, 0.25) is 5.91 Å². The van der Waals surface area contributed by atoms with Crippen molar-refractivity contribution in [3.63, 3.8) is 0 Å². The highest BCUT2D eigenvalue weighted by Gasteiger charge is 2.35. The molecule has 5 nitrogen and oxygen atoms in total. The Morgan fingerprint density at radius 2 is 1.36 bits per heavy atom. The number of thioether (sulfide) groups is 1. The van der Waals surface area contributed by atoms with E-state index in [1.54, 1.807) is 11.8 Å². The molecule has 0 saturated carbocycles. The van der Waals surface area contributed by atoms with Crippen LogP contribution >= 0.6 is 11.8 Å². The van der Waals surface area contributed by atoms with Crippen molar-refractivity contribution in [1.29, 1.82) is 0 Å². The van der Waals surface area contributed by atoms with Crippen molar-refractivity contribution in [3.05, 3.63) is 84.5 Å². The molecule has 3 N–H and O–H groups in total. The first-order chi connectivity index (χ1) is 18.9. The summed E-state index contributed by atoms with van der Waals surface area (Å²) in [5.74, 6) is -0.796. The summed E-state index contributed by atoms with van der Waals surface area (Å²) in [5.41, 5.74) is 0.148. The van der Waals surface area contributed by atoms with Crippen LogP contribution in [0.3, 0.4) is 0 Å². The smallest absolute Gasteiger partial charge is 0.339 e. The zero-order valence-corrected chi connectivity index (χ0v) is 24.7. The summed E-state index contributed by atoms with van der Waals surface area (Å²) < 4.78 is -0.571. The lowest BCUT2D eigenvalue weighted by Gasteiger charge is -2.30. The molecule has 0 heterocycles. The molecule has 0 radical (unpaired) electrons. The van der Waals surface area contributed by atoms with E-state index in [-0.39, 0.29) is 17.2 Å². The number of carboxylic acids is 1. The highest BCUT2D eigenvalue weighted by Crippen LogP contribution is 2.35. The van der Waals surface area contributed by atoms with Crippen LogP contribution in [0.25, 0.3) is 0 Å². The van der Waals surface area contributed by atoms with Crippen LogP contribution in [-0.4, -0.2) is 32.6 Å². The Bertz CT molecular complexity index is 1000. The summed E-state index contributed by atoms with van der Waals surface area (Å²) in [6.45, 7) is 6.16. The van der Waals surface area contributed by atoms with Crippen LogP contribution < -0.4 is 5.32 Å². The van der Waals surface area contributed by atoms with E-state index in [1.807, 2.05) is 13.8 Å². The molecule has 0 spiro atoms. The third kappa shape index (κ3) is 14.1. The van der Waals surface area contributed by atoms with Crippen molar-refractivity contribution >= 4 is 29.3 Å². The Morgan fingerprint density at radius 3 is 1.87 bits per heavy atom. The zero-order chi connectivity index (χ0) is 28.8. The molecular formula is C33H47NO4S. The van der Waals surface area contributed by atoms with Crippen molar-refractivity contribution < 1.29 is 19.8 Å². The minimum absolute atomic E-state index is 0.127. The Hall–Kier alpha value is -2.99.